The molecule has 32 heavy (non-hydrogen) atoms. The van der Waals surface area contributed by atoms with Crippen LogP contribution in [0.25, 0.3) is 22.3 Å². The lowest BCUT2D eigenvalue weighted by atomic mass is 10.1. The highest BCUT2D eigenvalue weighted by atomic mass is 32.1. The third kappa shape index (κ3) is 4.17. The average Bonchev–Trinajstić information content (AvgIpc) is 3.13. The number of benzene rings is 2. The zero-order chi connectivity index (χ0) is 23.0. The number of hydrogen-bond acceptors (Lipinski definition) is 6. The maximum atomic E-state index is 12.6. The fourth-order valence-corrected chi connectivity index (χ4v) is 4.20. The molecule has 0 radical (unpaired) electrons. The lowest BCUT2D eigenvalue weighted by Crippen LogP contribution is -2.21. The second-order valence-electron chi connectivity index (χ2n) is 7.64. The van der Waals surface area contributed by atoms with Gasteiger partial charge in [0.2, 0.25) is 0 Å². The normalized spacial score (nSPS) is 10.9. The Balaban J connectivity index is 1.55. The Kier molecular flexibility index (Phi) is 5.63. The summed E-state index contributed by atoms with van der Waals surface area (Å²) in [6, 6.07) is 13.7. The molecule has 2 aromatic carbocycles. The predicted molar refractivity (Wildman–Crippen MR) is 125 cm³/mol. The Hall–Kier alpha value is -3.78. The van der Waals surface area contributed by atoms with E-state index in [-0.39, 0.29) is 17.2 Å². The summed E-state index contributed by atoms with van der Waals surface area (Å²) < 4.78 is 5.89. The fraction of sp³-hybridized carbons (Fsp3) is 0.167. The molecule has 2 amide bonds. The van der Waals surface area contributed by atoms with Gasteiger partial charge >= 0.3 is 0 Å². The van der Waals surface area contributed by atoms with Crippen LogP contribution in [0, 0.1) is 13.8 Å². The minimum atomic E-state index is -0.343. The molecule has 8 heteroatoms. The molecule has 4 aromatic rings. The number of aromatic nitrogens is 1. The molecule has 7 nitrogen and oxygen atoms in total. The maximum absolute atomic E-state index is 12.6. The van der Waals surface area contributed by atoms with Crippen LogP contribution < -0.4 is 10.7 Å². The first-order valence-corrected chi connectivity index (χ1v) is 10.7. The number of rotatable bonds is 4. The number of carbonyl (C=O) groups excluding carboxylic acids is 2. The van der Waals surface area contributed by atoms with Crippen LogP contribution in [0.2, 0.25) is 0 Å². The van der Waals surface area contributed by atoms with Crippen molar-refractivity contribution in [2.45, 2.75) is 13.8 Å². The Bertz CT molecular complexity index is 1400. The maximum Gasteiger partial charge on any atom is 0.265 e. The van der Waals surface area contributed by atoms with Gasteiger partial charge in [-0.25, -0.2) is 4.98 Å². The van der Waals surface area contributed by atoms with Crippen LogP contribution in [0.1, 0.15) is 31.3 Å². The van der Waals surface area contributed by atoms with Gasteiger partial charge in [0.15, 0.2) is 10.6 Å². The Morgan fingerprint density at radius 2 is 1.75 bits per heavy atom. The van der Waals surface area contributed by atoms with E-state index in [1.165, 1.54) is 11.0 Å². The van der Waals surface area contributed by atoms with Crippen molar-refractivity contribution in [3.05, 3.63) is 80.5 Å². The number of carbonyl (C=O) groups is 2. The Morgan fingerprint density at radius 1 is 1.03 bits per heavy atom. The number of fused-ring (bicyclic) bond motifs is 1. The first-order chi connectivity index (χ1) is 15.2. The smallest absolute Gasteiger partial charge is 0.265 e. The number of nitrogens with zero attached hydrogens (tertiary/aromatic N) is 2. The van der Waals surface area contributed by atoms with Gasteiger partial charge in [0.1, 0.15) is 16.2 Å². The summed E-state index contributed by atoms with van der Waals surface area (Å²) in [4.78, 5) is 43.5. The molecule has 0 atom stereocenters. The number of anilines is 1. The largest absolute Gasteiger partial charge is 0.456 e. The molecule has 2 heterocycles. The highest BCUT2D eigenvalue weighted by Crippen LogP contribution is 2.26. The minimum absolute atomic E-state index is 0.117. The summed E-state index contributed by atoms with van der Waals surface area (Å²) in [7, 11) is 3.33. The van der Waals surface area contributed by atoms with E-state index in [4.69, 9.17) is 4.42 Å². The number of amides is 2. The molecule has 1 N–H and O–H groups in total. The SMILES string of the molecule is Cc1ccc2oc(-c3ccc(C(=O)Nc4nc(C)c(C(=O)N(C)C)s4)cc3)cc(=O)c2c1. The zero-order valence-electron chi connectivity index (χ0n) is 18.1. The standard InChI is InChI=1S/C24H21N3O4S/c1-13-5-10-19-17(11-13)18(28)12-20(31-19)15-6-8-16(9-7-15)22(29)26-24-25-14(2)21(32-24)23(30)27(3)4/h5-12H,1-4H3,(H,25,26,29). The summed E-state index contributed by atoms with van der Waals surface area (Å²) >= 11 is 1.14. The third-order valence-corrected chi connectivity index (χ3v) is 5.99. The van der Waals surface area contributed by atoms with Crippen molar-refractivity contribution in [3.63, 3.8) is 0 Å². The molecule has 162 valence electrons. The van der Waals surface area contributed by atoms with Crippen LogP contribution in [-0.4, -0.2) is 35.8 Å². The van der Waals surface area contributed by atoms with Gasteiger partial charge < -0.3 is 9.32 Å². The minimum Gasteiger partial charge on any atom is -0.456 e. The summed E-state index contributed by atoms with van der Waals surface area (Å²) in [5.41, 5.74) is 3.06. The van der Waals surface area contributed by atoms with Crippen molar-refractivity contribution < 1.29 is 14.0 Å². The molecule has 0 saturated carbocycles. The summed E-state index contributed by atoms with van der Waals surface area (Å²) in [5.74, 6) is -0.0674. The van der Waals surface area contributed by atoms with Crippen molar-refractivity contribution >= 4 is 39.3 Å². The van der Waals surface area contributed by atoms with Gasteiger partial charge in [0, 0.05) is 31.3 Å². The molecule has 0 aliphatic heterocycles. The van der Waals surface area contributed by atoms with E-state index in [2.05, 4.69) is 10.3 Å². The van der Waals surface area contributed by atoms with Gasteiger partial charge in [-0.3, -0.25) is 19.7 Å². The van der Waals surface area contributed by atoms with Gasteiger partial charge in [-0.1, -0.05) is 35.1 Å². The van der Waals surface area contributed by atoms with Crippen LogP contribution in [0.5, 0.6) is 0 Å². The van der Waals surface area contributed by atoms with E-state index in [1.807, 2.05) is 13.0 Å². The predicted octanol–water partition coefficient (Wildman–Crippen LogP) is 4.49. The quantitative estimate of drug-likeness (QED) is 0.498. The third-order valence-electron chi connectivity index (χ3n) is 4.93. The Labute approximate surface area is 188 Å². The van der Waals surface area contributed by atoms with Gasteiger partial charge in [0.05, 0.1) is 11.1 Å². The first kappa shape index (κ1) is 21.5. The topological polar surface area (TPSA) is 92.5 Å². The highest BCUT2D eigenvalue weighted by molar-refractivity contribution is 7.17. The molecule has 0 saturated heterocycles. The van der Waals surface area contributed by atoms with Gasteiger partial charge in [-0.2, -0.15) is 0 Å². The summed E-state index contributed by atoms with van der Waals surface area (Å²) in [6.07, 6.45) is 0. The van der Waals surface area contributed by atoms with Crippen LogP contribution >= 0.6 is 11.3 Å². The van der Waals surface area contributed by atoms with Crippen molar-refractivity contribution in [2.75, 3.05) is 19.4 Å². The van der Waals surface area contributed by atoms with Crippen molar-refractivity contribution in [2.24, 2.45) is 0 Å². The van der Waals surface area contributed by atoms with Crippen molar-refractivity contribution in [1.29, 1.82) is 0 Å². The van der Waals surface area contributed by atoms with E-state index in [0.29, 0.717) is 43.6 Å². The number of hydrogen-bond donors (Lipinski definition) is 1. The van der Waals surface area contributed by atoms with Gasteiger partial charge in [0.25, 0.3) is 11.8 Å². The second kappa shape index (κ2) is 8.39. The first-order valence-electron chi connectivity index (χ1n) is 9.88. The molecule has 0 fully saturated rings. The lowest BCUT2D eigenvalue weighted by Gasteiger charge is -2.07. The van der Waals surface area contributed by atoms with Gasteiger partial charge in [-0.05, 0) is 38.1 Å². The van der Waals surface area contributed by atoms with Crippen LogP contribution in [0.15, 0.2) is 57.7 Å². The summed E-state index contributed by atoms with van der Waals surface area (Å²) in [6.45, 7) is 3.65. The highest BCUT2D eigenvalue weighted by Gasteiger charge is 2.18. The van der Waals surface area contributed by atoms with Gasteiger partial charge in [-0.15, -0.1) is 0 Å². The van der Waals surface area contributed by atoms with E-state index in [0.717, 1.165) is 16.9 Å². The average molecular weight is 448 g/mol. The molecule has 0 aliphatic rings. The number of thiazole rings is 1. The lowest BCUT2D eigenvalue weighted by molar-refractivity contribution is 0.0831. The molecule has 0 bridgehead atoms. The van der Waals surface area contributed by atoms with E-state index >= 15 is 0 Å². The van der Waals surface area contributed by atoms with Crippen LogP contribution in [-0.2, 0) is 0 Å². The molecule has 0 aliphatic carbocycles. The Morgan fingerprint density at radius 3 is 2.44 bits per heavy atom. The summed E-state index contributed by atoms with van der Waals surface area (Å²) in [5, 5.41) is 3.63. The van der Waals surface area contributed by atoms with E-state index < -0.39 is 0 Å². The van der Waals surface area contributed by atoms with Crippen LogP contribution in [0.4, 0.5) is 5.13 Å². The monoisotopic (exact) mass is 447 g/mol. The fourth-order valence-electron chi connectivity index (χ4n) is 3.22. The molecule has 0 spiro atoms. The zero-order valence-corrected chi connectivity index (χ0v) is 18.9. The molecule has 0 unspecified atom stereocenters. The van der Waals surface area contributed by atoms with E-state index in [1.54, 1.807) is 57.4 Å². The molecular weight excluding hydrogens is 426 g/mol. The molecular formula is C24H21N3O4S. The van der Waals surface area contributed by atoms with Crippen molar-refractivity contribution in [1.82, 2.24) is 9.88 Å². The van der Waals surface area contributed by atoms with E-state index in [9.17, 15) is 14.4 Å². The number of aryl methyl sites for hydroxylation is 2. The molecule has 4 rings (SSSR count). The van der Waals surface area contributed by atoms with Crippen LogP contribution in [0.3, 0.4) is 0 Å². The van der Waals surface area contributed by atoms with Crippen molar-refractivity contribution in [3.8, 4) is 11.3 Å². The molecule has 2 aromatic heterocycles. The number of nitrogens with one attached hydrogen (secondary N) is 1. The second-order valence-corrected chi connectivity index (χ2v) is 8.64.